The summed E-state index contributed by atoms with van der Waals surface area (Å²) in [4.78, 5) is 33.7. The minimum Gasteiger partial charge on any atom is -0.468 e. The number of ketones is 1. The number of carbonyl (C=O) groups is 2. The van der Waals surface area contributed by atoms with Gasteiger partial charge in [-0.25, -0.2) is 0 Å². The van der Waals surface area contributed by atoms with Crippen molar-refractivity contribution in [1.82, 2.24) is 0 Å². The van der Waals surface area contributed by atoms with E-state index in [9.17, 15) is 19.7 Å². The molecule has 0 radical (unpaired) electrons. The predicted octanol–water partition coefficient (Wildman–Crippen LogP) is 0.705. The van der Waals surface area contributed by atoms with Gasteiger partial charge in [0.1, 0.15) is 11.2 Å². The van der Waals surface area contributed by atoms with Gasteiger partial charge in [-0.2, -0.15) is 5.26 Å². The summed E-state index contributed by atoms with van der Waals surface area (Å²) in [6.07, 6.45) is 1.58. The molecule has 1 aliphatic carbocycles. The van der Waals surface area contributed by atoms with Crippen molar-refractivity contribution in [2.24, 2.45) is 11.3 Å². The Morgan fingerprint density at radius 1 is 1.67 bits per heavy atom. The predicted molar refractivity (Wildman–Crippen MR) is 58.9 cm³/mol. The number of nitro groups is 1. The first-order chi connectivity index (χ1) is 8.47. The van der Waals surface area contributed by atoms with Crippen LogP contribution in [0.3, 0.4) is 0 Å². The zero-order chi connectivity index (χ0) is 13.8. The lowest BCUT2D eigenvalue weighted by Crippen LogP contribution is -2.49. The van der Waals surface area contributed by atoms with E-state index in [0.717, 1.165) is 7.11 Å². The fourth-order valence-corrected chi connectivity index (χ4v) is 2.43. The monoisotopic (exact) mass is 254 g/mol. The highest BCUT2D eigenvalue weighted by Crippen LogP contribution is 2.40. The minimum atomic E-state index is -1.52. The fourth-order valence-electron chi connectivity index (χ4n) is 2.43. The summed E-state index contributed by atoms with van der Waals surface area (Å²) >= 11 is 0. The quantitative estimate of drug-likeness (QED) is 0.415. The Labute approximate surface area is 104 Å². The number of nitrogens with zero attached hydrogens (tertiary/aromatic N) is 2. The maximum absolute atomic E-state index is 12.0. The lowest BCUT2D eigenvalue weighted by Gasteiger charge is -2.34. The molecule has 0 bridgehead atoms. The van der Waals surface area contributed by atoms with Crippen LogP contribution in [0.15, 0.2) is 0 Å². The van der Waals surface area contributed by atoms with Crippen molar-refractivity contribution in [3.05, 3.63) is 10.1 Å². The van der Waals surface area contributed by atoms with Crippen LogP contribution in [0.25, 0.3) is 0 Å². The Kier molecular flexibility index (Phi) is 4.37. The van der Waals surface area contributed by atoms with Gasteiger partial charge in [0.25, 0.3) is 0 Å². The van der Waals surface area contributed by atoms with Crippen LogP contribution in [-0.2, 0) is 14.3 Å². The van der Waals surface area contributed by atoms with E-state index in [2.05, 4.69) is 4.74 Å². The summed E-state index contributed by atoms with van der Waals surface area (Å²) in [5.41, 5.74) is -1.52. The van der Waals surface area contributed by atoms with Gasteiger partial charge in [-0.15, -0.1) is 0 Å². The third kappa shape index (κ3) is 2.47. The van der Waals surface area contributed by atoms with Crippen molar-refractivity contribution in [1.29, 1.82) is 5.26 Å². The van der Waals surface area contributed by atoms with Gasteiger partial charge in [-0.05, 0) is 12.8 Å². The first kappa shape index (κ1) is 14.1. The van der Waals surface area contributed by atoms with Crippen molar-refractivity contribution in [2.45, 2.75) is 25.7 Å². The summed E-state index contributed by atoms with van der Waals surface area (Å²) in [7, 11) is 1.10. The molecule has 1 saturated carbocycles. The molecular formula is C11H14N2O5. The lowest BCUT2D eigenvalue weighted by molar-refractivity contribution is -0.495. The van der Waals surface area contributed by atoms with E-state index in [1.807, 2.05) is 0 Å². The van der Waals surface area contributed by atoms with E-state index in [-0.39, 0.29) is 18.6 Å². The largest absolute Gasteiger partial charge is 0.468 e. The van der Waals surface area contributed by atoms with Crippen LogP contribution in [-0.4, -0.2) is 30.3 Å². The molecule has 0 aromatic heterocycles. The number of nitriles is 1. The van der Waals surface area contributed by atoms with Crippen molar-refractivity contribution >= 4 is 11.8 Å². The molecule has 98 valence electrons. The molecular weight excluding hydrogens is 240 g/mol. The molecule has 0 N–H and O–H groups in total. The van der Waals surface area contributed by atoms with Gasteiger partial charge < -0.3 is 4.74 Å². The number of methoxy groups -OCH3 is 1. The molecule has 1 aliphatic rings. The molecule has 0 aromatic carbocycles. The Morgan fingerprint density at radius 3 is 2.78 bits per heavy atom. The van der Waals surface area contributed by atoms with Crippen molar-refractivity contribution < 1.29 is 19.2 Å². The van der Waals surface area contributed by atoms with E-state index in [1.165, 1.54) is 0 Å². The zero-order valence-electron chi connectivity index (χ0n) is 10.0. The Hall–Kier alpha value is -1.97. The van der Waals surface area contributed by atoms with E-state index in [0.29, 0.717) is 12.8 Å². The first-order valence-electron chi connectivity index (χ1n) is 5.60. The molecule has 1 rings (SSSR count). The molecule has 1 fully saturated rings. The zero-order valence-corrected chi connectivity index (χ0v) is 10.0. The second kappa shape index (κ2) is 5.58. The first-order valence-corrected chi connectivity index (χ1v) is 5.60. The average Bonchev–Trinajstić information content (AvgIpc) is 2.32. The van der Waals surface area contributed by atoms with Gasteiger partial charge >= 0.3 is 5.97 Å². The van der Waals surface area contributed by atoms with Crippen LogP contribution in [0.5, 0.6) is 0 Å². The molecule has 0 saturated heterocycles. The lowest BCUT2D eigenvalue weighted by atomic mass is 9.65. The van der Waals surface area contributed by atoms with Crippen molar-refractivity contribution in [3.63, 3.8) is 0 Å². The highest BCUT2D eigenvalue weighted by atomic mass is 16.6. The highest BCUT2D eigenvalue weighted by molar-refractivity contribution is 5.92. The van der Waals surface area contributed by atoms with Gasteiger partial charge in [-0.3, -0.25) is 19.7 Å². The van der Waals surface area contributed by atoms with Gasteiger partial charge in [0.2, 0.25) is 6.54 Å². The summed E-state index contributed by atoms with van der Waals surface area (Å²) < 4.78 is 4.48. The summed E-state index contributed by atoms with van der Waals surface area (Å²) in [5.74, 6) is -2.67. The minimum absolute atomic E-state index is 0.170. The maximum Gasteiger partial charge on any atom is 0.324 e. The van der Waals surface area contributed by atoms with Crippen LogP contribution >= 0.6 is 0 Å². The van der Waals surface area contributed by atoms with Crippen LogP contribution in [0.4, 0.5) is 0 Å². The van der Waals surface area contributed by atoms with Crippen molar-refractivity contribution in [3.8, 4) is 6.07 Å². The number of Topliss-reactive ketones (excluding diaryl/α,β-unsaturated/α-hetero) is 1. The van der Waals surface area contributed by atoms with Crippen LogP contribution < -0.4 is 0 Å². The number of carbonyl (C=O) groups excluding carboxylic acids is 2. The van der Waals surface area contributed by atoms with Gasteiger partial charge in [0.15, 0.2) is 5.92 Å². The molecule has 0 aliphatic heterocycles. The van der Waals surface area contributed by atoms with E-state index in [1.54, 1.807) is 6.07 Å². The second-order valence-corrected chi connectivity index (χ2v) is 4.36. The number of rotatable bonds is 4. The number of ether oxygens (including phenoxy) is 1. The van der Waals surface area contributed by atoms with Gasteiger partial charge in [-0.1, -0.05) is 6.42 Å². The molecule has 18 heavy (non-hydrogen) atoms. The number of hydrogen-bond donors (Lipinski definition) is 0. The molecule has 7 nitrogen and oxygen atoms in total. The SMILES string of the molecule is COC(=O)C(C#N)C1(C[N+](=O)[O-])CCCCC1=O. The van der Waals surface area contributed by atoms with Gasteiger partial charge in [0.05, 0.1) is 13.2 Å². The Bertz CT molecular complexity index is 414. The third-order valence-electron chi connectivity index (χ3n) is 3.36. The summed E-state index contributed by atoms with van der Waals surface area (Å²) in [6, 6.07) is 1.70. The van der Waals surface area contributed by atoms with Gasteiger partial charge in [0, 0.05) is 11.3 Å². The summed E-state index contributed by atoms with van der Waals surface area (Å²) in [6.45, 7) is -0.695. The Balaban J connectivity index is 3.17. The second-order valence-electron chi connectivity index (χ2n) is 4.36. The molecule has 0 aromatic rings. The molecule has 2 unspecified atom stereocenters. The van der Waals surface area contributed by atoms with E-state index >= 15 is 0 Å². The molecule has 2 atom stereocenters. The number of esters is 1. The highest BCUT2D eigenvalue weighted by Gasteiger charge is 2.54. The van der Waals surface area contributed by atoms with Crippen LogP contribution in [0.1, 0.15) is 25.7 Å². The average molecular weight is 254 g/mol. The maximum atomic E-state index is 12.0. The smallest absolute Gasteiger partial charge is 0.324 e. The van der Waals surface area contributed by atoms with E-state index in [4.69, 9.17) is 5.26 Å². The third-order valence-corrected chi connectivity index (χ3v) is 3.36. The molecule has 0 amide bonds. The number of hydrogen-bond acceptors (Lipinski definition) is 6. The standard InChI is InChI=1S/C11H14N2O5/c1-18-10(15)8(6-12)11(7-13(16)17)5-3-2-4-9(11)14/h8H,2-5,7H2,1H3. The fraction of sp³-hybridized carbons (Fsp3) is 0.727. The van der Waals surface area contributed by atoms with Crippen LogP contribution in [0.2, 0.25) is 0 Å². The molecule has 0 spiro atoms. The topological polar surface area (TPSA) is 110 Å². The van der Waals surface area contributed by atoms with E-state index < -0.39 is 28.8 Å². The molecule has 0 heterocycles. The van der Waals surface area contributed by atoms with Crippen molar-refractivity contribution in [2.75, 3.05) is 13.7 Å². The van der Waals surface area contributed by atoms with Crippen LogP contribution in [0, 0.1) is 32.8 Å². The summed E-state index contributed by atoms with van der Waals surface area (Å²) in [5, 5.41) is 19.8. The normalized spacial score (nSPS) is 25.0. The Morgan fingerprint density at radius 2 is 2.33 bits per heavy atom. The molecule has 7 heteroatoms.